The van der Waals surface area contributed by atoms with Crippen molar-refractivity contribution in [1.29, 1.82) is 0 Å². The summed E-state index contributed by atoms with van der Waals surface area (Å²) in [7, 11) is -7.93. The minimum atomic E-state index is -3.97. The Bertz CT molecular complexity index is 1250. The SMILES string of the molecule is CC(C)c1cc(C(C)C)c(P(=O)(O)CN(CP(=O)(O)c2c(C(C)C)cc(C(C)C)cc2C(C)C)C2CCCCC2)c(C(C)C)c1. The van der Waals surface area contributed by atoms with Crippen LogP contribution in [0.1, 0.15) is 184 Å². The van der Waals surface area contributed by atoms with Crippen LogP contribution in [-0.2, 0) is 9.13 Å². The van der Waals surface area contributed by atoms with E-state index in [2.05, 4.69) is 107 Å². The lowest BCUT2D eigenvalue weighted by Gasteiger charge is -2.38. The van der Waals surface area contributed by atoms with Gasteiger partial charge in [0.2, 0.25) is 14.7 Å². The van der Waals surface area contributed by atoms with Crippen LogP contribution in [0.2, 0.25) is 0 Å². The zero-order valence-corrected chi connectivity index (χ0v) is 32.1. The van der Waals surface area contributed by atoms with Gasteiger partial charge in [0, 0.05) is 16.7 Å². The van der Waals surface area contributed by atoms with Gasteiger partial charge in [-0.1, -0.05) is 127 Å². The Morgan fingerprint density at radius 2 is 0.844 bits per heavy atom. The Labute approximate surface area is 275 Å². The van der Waals surface area contributed by atoms with Gasteiger partial charge in [0.05, 0.1) is 12.6 Å². The van der Waals surface area contributed by atoms with E-state index in [9.17, 15) is 18.9 Å². The summed E-state index contributed by atoms with van der Waals surface area (Å²) in [4.78, 5) is 26.3. The first-order chi connectivity index (χ1) is 20.8. The van der Waals surface area contributed by atoms with Crippen molar-refractivity contribution in [2.45, 2.75) is 157 Å². The van der Waals surface area contributed by atoms with Crippen molar-refractivity contribution in [3.63, 3.8) is 0 Å². The van der Waals surface area contributed by atoms with E-state index in [-0.39, 0.29) is 42.3 Å². The van der Waals surface area contributed by atoms with E-state index >= 15 is 0 Å². The molecular weight excluding hydrogens is 596 g/mol. The van der Waals surface area contributed by atoms with Crippen molar-refractivity contribution in [2.24, 2.45) is 0 Å². The van der Waals surface area contributed by atoms with E-state index in [4.69, 9.17) is 0 Å². The van der Waals surface area contributed by atoms with E-state index in [1.807, 2.05) is 4.90 Å². The Kier molecular flexibility index (Phi) is 13.0. The highest BCUT2D eigenvalue weighted by Gasteiger charge is 2.40. The summed E-state index contributed by atoms with van der Waals surface area (Å²) < 4.78 is 29.7. The molecule has 0 aliphatic heterocycles. The first-order valence-electron chi connectivity index (χ1n) is 17.5. The molecule has 2 N–H and O–H groups in total. The van der Waals surface area contributed by atoms with Crippen molar-refractivity contribution >= 4 is 25.3 Å². The molecule has 254 valence electrons. The Hall–Kier alpha value is -1.22. The zero-order chi connectivity index (χ0) is 34.0. The highest BCUT2D eigenvalue weighted by atomic mass is 31.2. The summed E-state index contributed by atoms with van der Waals surface area (Å²) in [5.74, 6) is 0.906. The van der Waals surface area contributed by atoms with E-state index < -0.39 is 14.7 Å². The molecule has 1 saturated carbocycles. The average molecular weight is 660 g/mol. The monoisotopic (exact) mass is 659 g/mol. The lowest BCUT2D eigenvalue weighted by molar-refractivity contribution is 0.197. The topological polar surface area (TPSA) is 77.8 Å². The molecular formula is C38H63NO4P2. The maximum Gasteiger partial charge on any atom is 0.243 e. The molecule has 0 heterocycles. The molecule has 2 aromatic carbocycles. The van der Waals surface area contributed by atoms with Gasteiger partial charge in [0.1, 0.15) is 0 Å². The summed E-state index contributed by atoms with van der Waals surface area (Å²) >= 11 is 0. The van der Waals surface area contributed by atoms with Crippen LogP contribution in [-0.4, -0.2) is 33.3 Å². The van der Waals surface area contributed by atoms with Crippen LogP contribution >= 0.6 is 14.7 Å². The molecule has 3 rings (SSSR count). The third-order valence-corrected chi connectivity index (χ3v) is 13.7. The Morgan fingerprint density at radius 3 is 1.09 bits per heavy atom. The molecule has 0 aromatic heterocycles. The van der Waals surface area contributed by atoms with Crippen LogP contribution in [0.15, 0.2) is 24.3 Å². The van der Waals surface area contributed by atoms with Gasteiger partial charge in [-0.3, -0.25) is 14.0 Å². The lowest BCUT2D eigenvalue weighted by atomic mass is 9.89. The minimum absolute atomic E-state index is 0.000394. The maximum absolute atomic E-state index is 14.8. The van der Waals surface area contributed by atoms with Crippen LogP contribution in [0.4, 0.5) is 0 Å². The van der Waals surface area contributed by atoms with Gasteiger partial charge < -0.3 is 9.79 Å². The minimum Gasteiger partial charge on any atom is -0.340 e. The van der Waals surface area contributed by atoms with Crippen LogP contribution in [0, 0.1) is 0 Å². The van der Waals surface area contributed by atoms with Crippen molar-refractivity contribution in [3.8, 4) is 0 Å². The van der Waals surface area contributed by atoms with Gasteiger partial charge in [0.15, 0.2) is 0 Å². The summed E-state index contributed by atoms with van der Waals surface area (Å²) in [6.07, 6.45) is 4.72. The largest absolute Gasteiger partial charge is 0.340 e. The lowest BCUT2D eigenvalue weighted by Crippen LogP contribution is -2.41. The second kappa shape index (κ2) is 15.3. The van der Waals surface area contributed by atoms with Crippen molar-refractivity contribution in [1.82, 2.24) is 4.90 Å². The molecule has 2 atom stereocenters. The van der Waals surface area contributed by atoms with Gasteiger partial charge in [0.25, 0.3) is 0 Å². The number of rotatable bonds is 13. The standard InChI is InChI=1S/C38H63NO4P2/c1-24(2)30-18-33(26(5)6)37(34(19-30)27(7)8)44(40,41)22-39(32-16-14-13-15-17-32)23-45(42,43)38-35(28(9)10)20-31(25(3)4)21-36(38)29(11)12/h18-21,24-29,32H,13-17,22-23H2,1-12H3,(H,40,41)(H,42,43). The first kappa shape index (κ1) is 38.2. The summed E-state index contributed by atoms with van der Waals surface area (Å²) in [5, 5.41) is 1.13. The van der Waals surface area contributed by atoms with Gasteiger partial charge in [-0.2, -0.15) is 0 Å². The molecule has 5 nitrogen and oxygen atoms in total. The Balaban J connectivity index is 2.21. The van der Waals surface area contributed by atoms with Crippen molar-refractivity contribution in [3.05, 3.63) is 57.6 Å². The van der Waals surface area contributed by atoms with Gasteiger partial charge in [-0.15, -0.1) is 0 Å². The number of hydrogen-bond donors (Lipinski definition) is 2. The molecule has 1 aliphatic rings. The highest BCUT2D eigenvalue weighted by molar-refractivity contribution is 7.67. The molecule has 0 amide bonds. The molecule has 2 aromatic rings. The fourth-order valence-corrected chi connectivity index (χ4v) is 12.0. The molecule has 2 unspecified atom stereocenters. The zero-order valence-electron chi connectivity index (χ0n) is 30.4. The predicted octanol–water partition coefficient (Wildman–Crippen LogP) is 10.5. The molecule has 7 heteroatoms. The molecule has 0 spiro atoms. The quantitative estimate of drug-likeness (QED) is 0.209. The number of nitrogens with zero attached hydrogens (tertiary/aromatic N) is 1. The third-order valence-electron chi connectivity index (χ3n) is 9.74. The van der Waals surface area contributed by atoms with Crippen LogP contribution < -0.4 is 10.6 Å². The smallest absolute Gasteiger partial charge is 0.243 e. The number of hydrogen-bond acceptors (Lipinski definition) is 3. The third kappa shape index (κ3) is 9.03. The van der Waals surface area contributed by atoms with Gasteiger partial charge in [-0.05, 0) is 81.7 Å². The molecule has 1 aliphatic carbocycles. The van der Waals surface area contributed by atoms with E-state index in [0.29, 0.717) is 22.4 Å². The highest BCUT2D eigenvalue weighted by Crippen LogP contribution is 2.51. The van der Waals surface area contributed by atoms with Gasteiger partial charge in [-0.25, -0.2) is 0 Å². The van der Waals surface area contributed by atoms with Crippen LogP contribution in [0.5, 0.6) is 0 Å². The normalized spacial score (nSPS) is 17.8. The fraction of sp³-hybridized carbons (Fsp3) is 0.684. The van der Waals surface area contributed by atoms with E-state index in [1.165, 1.54) is 11.1 Å². The van der Waals surface area contributed by atoms with Crippen molar-refractivity contribution < 1.29 is 18.9 Å². The summed E-state index contributed by atoms with van der Waals surface area (Å²) in [5.41, 5.74) is 6.09. The van der Waals surface area contributed by atoms with E-state index in [0.717, 1.165) is 54.4 Å². The Morgan fingerprint density at radius 1 is 0.556 bits per heavy atom. The predicted molar refractivity (Wildman–Crippen MR) is 195 cm³/mol. The molecule has 1 fully saturated rings. The van der Waals surface area contributed by atoms with E-state index in [1.54, 1.807) is 0 Å². The fourth-order valence-electron chi connectivity index (χ4n) is 7.00. The summed E-state index contributed by atoms with van der Waals surface area (Å²) in [6.45, 7) is 25.4. The van der Waals surface area contributed by atoms with Crippen LogP contribution in [0.3, 0.4) is 0 Å². The second-order valence-electron chi connectivity index (χ2n) is 15.6. The maximum atomic E-state index is 14.8. The number of benzene rings is 2. The summed E-state index contributed by atoms with van der Waals surface area (Å²) in [6, 6.07) is 8.51. The average Bonchev–Trinajstić information content (AvgIpc) is 2.95. The molecule has 45 heavy (non-hydrogen) atoms. The molecule has 0 bridgehead atoms. The molecule has 0 radical (unpaired) electrons. The van der Waals surface area contributed by atoms with Gasteiger partial charge >= 0.3 is 0 Å². The second-order valence-corrected chi connectivity index (χ2v) is 19.9. The van der Waals surface area contributed by atoms with Crippen LogP contribution in [0.25, 0.3) is 0 Å². The molecule has 0 saturated heterocycles. The first-order valence-corrected chi connectivity index (χ1v) is 21.2. The van der Waals surface area contributed by atoms with Crippen molar-refractivity contribution in [2.75, 3.05) is 12.6 Å².